The Hall–Kier alpha value is -1.22. The van der Waals surface area contributed by atoms with Gasteiger partial charge in [0, 0.05) is 17.2 Å². The lowest BCUT2D eigenvalue weighted by molar-refractivity contribution is 0.950. The van der Waals surface area contributed by atoms with Crippen LogP contribution in [0.15, 0.2) is 40.9 Å². The lowest BCUT2D eigenvalue weighted by atomic mass is 10.1. The second-order valence-electron chi connectivity index (χ2n) is 3.21. The third-order valence-electron chi connectivity index (χ3n) is 2.28. The van der Waals surface area contributed by atoms with Crippen LogP contribution in [0, 0.1) is 0 Å². The highest BCUT2D eigenvalue weighted by Gasteiger charge is 2.03. The van der Waals surface area contributed by atoms with E-state index in [0.717, 1.165) is 16.0 Å². The van der Waals surface area contributed by atoms with Crippen molar-refractivity contribution in [2.75, 3.05) is 5.73 Å². The highest BCUT2D eigenvalue weighted by molar-refractivity contribution is 9.10. The summed E-state index contributed by atoms with van der Waals surface area (Å²) in [6, 6.07) is 12.1. The van der Waals surface area contributed by atoms with E-state index in [1.165, 1.54) is 5.56 Å². The zero-order chi connectivity index (χ0) is 10.1. The molecule has 0 radical (unpaired) electrons. The zero-order valence-corrected chi connectivity index (χ0v) is 9.45. The molecule has 0 saturated carbocycles. The zero-order valence-electron chi connectivity index (χ0n) is 7.87. The van der Waals surface area contributed by atoms with E-state index in [0.29, 0.717) is 0 Å². The second kappa shape index (κ2) is 3.50. The average Bonchev–Trinajstić information content (AvgIpc) is 2.48. The molecule has 2 rings (SSSR count). The molecule has 0 aliphatic rings. The third kappa shape index (κ3) is 1.55. The molecule has 0 spiro atoms. The SMILES string of the molecule is Cn1c(N)ccc1-c1cccc(Br)c1. The lowest BCUT2D eigenvalue weighted by Crippen LogP contribution is -1.97. The summed E-state index contributed by atoms with van der Waals surface area (Å²) in [5, 5.41) is 0. The van der Waals surface area contributed by atoms with Gasteiger partial charge in [-0.3, -0.25) is 0 Å². The van der Waals surface area contributed by atoms with Crippen LogP contribution in [0.3, 0.4) is 0 Å². The van der Waals surface area contributed by atoms with Gasteiger partial charge in [-0.2, -0.15) is 0 Å². The van der Waals surface area contributed by atoms with E-state index < -0.39 is 0 Å². The monoisotopic (exact) mass is 250 g/mol. The molecule has 0 amide bonds. The number of aromatic nitrogens is 1. The van der Waals surface area contributed by atoms with Gasteiger partial charge in [0.05, 0.1) is 0 Å². The molecule has 14 heavy (non-hydrogen) atoms. The normalized spacial score (nSPS) is 10.4. The van der Waals surface area contributed by atoms with Crippen molar-refractivity contribution in [1.82, 2.24) is 4.57 Å². The van der Waals surface area contributed by atoms with E-state index >= 15 is 0 Å². The number of halogens is 1. The van der Waals surface area contributed by atoms with Crippen molar-refractivity contribution in [3.8, 4) is 11.3 Å². The standard InChI is InChI=1S/C11H11BrN2/c1-14-10(5-6-11(14)13)8-3-2-4-9(12)7-8/h2-7H,13H2,1H3. The minimum absolute atomic E-state index is 0.778. The first-order valence-corrected chi connectivity index (χ1v) is 5.15. The van der Waals surface area contributed by atoms with E-state index in [1.54, 1.807) is 0 Å². The third-order valence-corrected chi connectivity index (χ3v) is 2.77. The summed E-state index contributed by atoms with van der Waals surface area (Å²) in [6.07, 6.45) is 0. The van der Waals surface area contributed by atoms with Crippen molar-refractivity contribution in [1.29, 1.82) is 0 Å². The van der Waals surface area contributed by atoms with Gasteiger partial charge in [0.15, 0.2) is 0 Å². The first kappa shape index (κ1) is 9.34. The number of hydrogen-bond donors (Lipinski definition) is 1. The number of anilines is 1. The molecule has 0 fully saturated rings. The van der Waals surface area contributed by atoms with Gasteiger partial charge < -0.3 is 10.3 Å². The number of hydrogen-bond acceptors (Lipinski definition) is 1. The molecule has 0 saturated heterocycles. The topological polar surface area (TPSA) is 30.9 Å². The second-order valence-corrected chi connectivity index (χ2v) is 4.13. The molecule has 0 aliphatic carbocycles. The molecule has 0 atom stereocenters. The van der Waals surface area contributed by atoms with E-state index in [2.05, 4.69) is 28.1 Å². The van der Waals surface area contributed by atoms with Crippen LogP contribution >= 0.6 is 15.9 Å². The fourth-order valence-electron chi connectivity index (χ4n) is 1.46. The maximum atomic E-state index is 5.77. The average molecular weight is 251 g/mol. The molecular formula is C11H11BrN2. The van der Waals surface area contributed by atoms with Crippen molar-refractivity contribution in [3.63, 3.8) is 0 Å². The van der Waals surface area contributed by atoms with Crippen molar-refractivity contribution < 1.29 is 0 Å². The van der Waals surface area contributed by atoms with Crippen LogP contribution < -0.4 is 5.73 Å². The predicted molar refractivity (Wildman–Crippen MR) is 63.0 cm³/mol. The summed E-state index contributed by atoms with van der Waals surface area (Å²) in [7, 11) is 1.96. The Morgan fingerprint density at radius 3 is 2.57 bits per heavy atom. The maximum absolute atomic E-state index is 5.77. The minimum Gasteiger partial charge on any atom is -0.385 e. The molecule has 1 aromatic heterocycles. The molecule has 1 heterocycles. The van der Waals surface area contributed by atoms with Gasteiger partial charge in [-0.1, -0.05) is 28.1 Å². The Morgan fingerprint density at radius 2 is 2.00 bits per heavy atom. The van der Waals surface area contributed by atoms with Gasteiger partial charge in [-0.25, -0.2) is 0 Å². The Bertz CT molecular complexity index is 460. The molecule has 1 aromatic carbocycles. The molecular weight excluding hydrogens is 240 g/mol. The number of nitrogens with zero attached hydrogens (tertiary/aromatic N) is 1. The molecule has 2 N–H and O–H groups in total. The number of nitrogen functional groups attached to an aromatic ring is 1. The van der Waals surface area contributed by atoms with Gasteiger partial charge in [-0.05, 0) is 29.8 Å². The largest absolute Gasteiger partial charge is 0.385 e. The summed E-state index contributed by atoms with van der Waals surface area (Å²) in [4.78, 5) is 0. The Balaban J connectivity index is 2.55. The molecule has 72 valence electrons. The summed E-state index contributed by atoms with van der Waals surface area (Å²) in [5.74, 6) is 0.778. The van der Waals surface area contributed by atoms with Crippen molar-refractivity contribution >= 4 is 21.7 Å². The van der Waals surface area contributed by atoms with E-state index in [9.17, 15) is 0 Å². The van der Waals surface area contributed by atoms with Crippen LogP contribution in [0.4, 0.5) is 5.82 Å². The molecule has 2 nitrogen and oxygen atoms in total. The van der Waals surface area contributed by atoms with Crippen LogP contribution in [-0.4, -0.2) is 4.57 Å². The van der Waals surface area contributed by atoms with Gasteiger partial charge in [-0.15, -0.1) is 0 Å². The lowest BCUT2D eigenvalue weighted by Gasteiger charge is -2.05. The summed E-state index contributed by atoms with van der Waals surface area (Å²) < 4.78 is 3.05. The maximum Gasteiger partial charge on any atom is 0.103 e. The fourth-order valence-corrected chi connectivity index (χ4v) is 1.86. The molecule has 3 heteroatoms. The molecule has 0 bridgehead atoms. The summed E-state index contributed by atoms with van der Waals surface area (Å²) >= 11 is 3.45. The van der Waals surface area contributed by atoms with Gasteiger partial charge in [0.25, 0.3) is 0 Å². The quantitative estimate of drug-likeness (QED) is 0.829. The van der Waals surface area contributed by atoms with Crippen LogP contribution in [0.2, 0.25) is 0 Å². The smallest absolute Gasteiger partial charge is 0.103 e. The Labute approximate surface area is 91.5 Å². The number of benzene rings is 1. The van der Waals surface area contributed by atoms with Crippen LogP contribution in [0.25, 0.3) is 11.3 Å². The first-order valence-electron chi connectivity index (χ1n) is 4.35. The first-order chi connectivity index (χ1) is 6.68. The highest BCUT2D eigenvalue weighted by atomic mass is 79.9. The van der Waals surface area contributed by atoms with Crippen molar-refractivity contribution in [3.05, 3.63) is 40.9 Å². The van der Waals surface area contributed by atoms with Crippen LogP contribution in [0.5, 0.6) is 0 Å². The Kier molecular flexibility index (Phi) is 2.33. The van der Waals surface area contributed by atoms with Crippen LogP contribution in [-0.2, 0) is 7.05 Å². The van der Waals surface area contributed by atoms with Crippen molar-refractivity contribution in [2.45, 2.75) is 0 Å². The van der Waals surface area contributed by atoms with E-state index in [1.807, 2.05) is 35.9 Å². The predicted octanol–water partition coefficient (Wildman–Crippen LogP) is 3.04. The summed E-state index contributed by atoms with van der Waals surface area (Å²) in [5.41, 5.74) is 8.06. The van der Waals surface area contributed by atoms with Gasteiger partial charge in [0.2, 0.25) is 0 Å². The molecule has 0 aliphatic heterocycles. The molecule has 2 aromatic rings. The highest BCUT2D eigenvalue weighted by Crippen LogP contribution is 2.25. The van der Waals surface area contributed by atoms with E-state index in [-0.39, 0.29) is 0 Å². The minimum atomic E-state index is 0.778. The Morgan fingerprint density at radius 1 is 1.21 bits per heavy atom. The van der Waals surface area contributed by atoms with E-state index in [4.69, 9.17) is 5.73 Å². The number of nitrogens with two attached hydrogens (primary N) is 1. The van der Waals surface area contributed by atoms with Crippen molar-refractivity contribution in [2.24, 2.45) is 7.05 Å². The molecule has 0 unspecified atom stereocenters. The summed E-state index contributed by atoms with van der Waals surface area (Å²) in [6.45, 7) is 0. The van der Waals surface area contributed by atoms with Crippen LogP contribution in [0.1, 0.15) is 0 Å². The van der Waals surface area contributed by atoms with Gasteiger partial charge in [0.1, 0.15) is 5.82 Å². The van der Waals surface area contributed by atoms with Gasteiger partial charge >= 0.3 is 0 Å². The number of rotatable bonds is 1. The fraction of sp³-hybridized carbons (Fsp3) is 0.0909.